The minimum Gasteiger partial charge on any atom is -0.381 e. The van der Waals surface area contributed by atoms with Crippen LogP contribution < -0.4 is 5.73 Å². The molecule has 2 fully saturated rings. The molecule has 0 spiro atoms. The molecule has 0 aromatic heterocycles. The van der Waals surface area contributed by atoms with Crippen LogP contribution in [0.5, 0.6) is 0 Å². The van der Waals surface area contributed by atoms with Crippen molar-refractivity contribution < 1.29 is 4.74 Å². The lowest BCUT2D eigenvalue weighted by atomic mass is 9.68. The molecule has 2 rings (SSSR count). The summed E-state index contributed by atoms with van der Waals surface area (Å²) in [6.45, 7) is 4.15. The van der Waals surface area contributed by atoms with Gasteiger partial charge in [0.1, 0.15) is 0 Å². The summed E-state index contributed by atoms with van der Waals surface area (Å²) in [7, 11) is 0. The van der Waals surface area contributed by atoms with Gasteiger partial charge < -0.3 is 10.5 Å². The molecule has 0 aromatic rings. The molecule has 16 heavy (non-hydrogen) atoms. The molecule has 2 N–H and O–H groups in total. The molecule has 1 heterocycles. The normalized spacial score (nSPS) is 40.9. The maximum Gasteiger partial charge on any atom is 0.0511 e. The number of rotatable bonds is 3. The van der Waals surface area contributed by atoms with Gasteiger partial charge >= 0.3 is 0 Å². The third-order valence-corrected chi connectivity index (χ3v) is 4.71. The van der Waals surface area contributed by atoms with E-state index in [1.165, 1.54) is 51.4 Å². The Hall–Kier alpha value is -0.0800. The number of hydrogen-bond donors (Lipinski definition) is 1. The van der Waals surface area contributed by atoms with E-state index < -0.39 is 0 Å². The van der Waals surface area contributed by atoms with Crippen molar-refractivity contribution >= 4 is 0 Å². The second-order valence-electron chi connectivity index (χ2n) is 5.88. The van der Waals surface area contributed by atoms with Gasteiger partial charge in [0.2, 0.25) is 0 Å². The summed E-state index contributed by atoms with van der Waals surface area (Å²) in [5, 5.41) is 0. The first-order chi connectivity index (χ1) is 7.74. The number of ether oxygens (including phenoxy) is 1. The lowest BCUT2D eigenvalue weighted by molar-refractivity contribution is 0.00577. The van der Waals surface area contributed by atoms with Crippen LogP contribution in [-0.4, -0.2) is 18.8 Å². The minimum absolute atomic E-state index is 0.102. The van der Waals surface area contributed by atoms with Gasteiger partial charge in [0.15, 0.2) is 0 Å². The lowest BCUT2D eigenvalue weighted by Gasteiger charge is -2.44. The summed E-state index contributed by atoms with van der Waals surface area (Å²) in [6, 6.07) is 0. The molecule has 1 aliphatic carbocycles. The maximum absolute atomic E-state index is 6.61. The molecule has 1 unspecified atom stereocenters. The predicted octanol–water partition coefficient (Wildman–Crippen LogP) is 3.10. The summed E-state index contributed by atoms with van der Waals surface area (Å²) in [6.07, 6.45) is 10.4. The average molecular weight is 225 g/mol. The van der Waals surface area contributed by atoms with Gasteiger partial charge in [-0.15, -0.1) is 0 Å². The maximum atomic E-state index is 6.61. The molecule has 2 nitrogen and oxygen atoms in total. The zero-order valence-corrected chi connectivity index (χ0v) is 10.7. The summed E-state index contributed by atoms with van der Waals surface area (Å²) >= 11 is 0. The van der Waals surface area contributed by atoms with Crippen molar-refractivity contribution in [3.8, 4) is 0 Å². The van der Waals surface area contributed by atoms with Crippen LogP contribution in [0.25, 0.3) is 0 Å². The Kier molecular flexibility index (Phi) is 4.26. The van der Waals surface area contributed by atoms with E-state index in [4.69, 9.17) is 10.5 Å². The summed E-state index contributed by atoms with van der Waals surface area (Å²) in [4.78, 5) is 0. The molecule has 94 valence electrons. The van der Waals surface area contributed by atoms with Gasteiger partial charge in [0.05, 0.1) is 6.61 Å². The molecule has 1 aliphatic heterocycles. The van der Waals surface area contributed by atoms with E-state index in [0.717, 1.165) is 19.1 Å². The molecule has 2 heteroatoms. The van der Waals surface area contributed by atoms with Gasteiger partial charge in [-0.05, 0) is 44.4 Å². The predicted molar refractivity (Wildman–Crippen MR) is 67.3 cm³/mol. The van der Waals surface area contributed by atoms with E-state index in [1.54, 1.807) is 0 Å². The molecule has 1 atom stereocenters. The molecule has 0 amide bonds. The van der Waals surface area contributed by atoms with Crippen molar-refractivity contribution in [1.29, 1.82) is 0 Å². The molecule has 2 aliphatic rings. The van der Waals surface area contributed by atoms with Gasteiger partial charge in [0, 0.05) is 18.1 Å². The van der Waals surface area contributed by atoms with E-state index in [9.17, 15) is 0 Å². The highest BCUT2D eigenvalue weighted by Gasteiger charge is 2.38. The van der Waals surface area contributed by atoms with Crippen LogP contribution in [-0.2, 0) is 4.74 Å². The lowest BCUT2D eigenvalue weighted by Crippen LogP contribution is -2.52. The Morgan fingerprint density at radius 2 is 2.00 bits per heavy atom. The van der Waals surface area contributed by atoms with Crippen molar-refractivity contribution in [3.05, 3.63) is 0 Å². The summed E-state index contributed by atoms with van der Waals surface area (Å²) in [5.74, 6) is 1.58. The largest absolute Gasteiger partial charge is 0.381 e. The monoisotopic (exact) mass is 225 g/mol. The molecular formula is C14H27NO. The van der Waals surface area contributed by atoms with Crippen molar-refractivity contribution in [1.82, 2.24) is 0 Å². The van der Waals surface area contributed by atoms with E-state index in [-0.39, 0.29) is 5.54 Å². The van der Waals surface area contributed by atoms with Gasteiger partial charge in [-0.1, -0.05) is 19.8 Å². The summed E-state index contributed by atoms with van der Waals surface area (Å²) < 4.78 is 5.59. The topological polar surface area (TPSA) is 35.2 Å². The van der Waals surface area contributed by atoms with E-state index in [2.05, 4.69) is 6.92 Å². The fourth-order valence-electron chi connectivity index (χ4n) is 3.51. The van der Waals surface area contributed by atoms with Crippen molar-refractivity contribution in [2.24, 2.45) is 17.6 Å². The SMILES string of the molecule is CCCC1CCC(N)(C2CCCOC2)CC1. The third kappa shape index (κ3) is 2.78. The van der Waals surface area contributed by atoms with Crippen molar-refractivity contribution in [3.63, 3.8) is 0 Å². The third-order valence-electron chi connectivity index (χ3n) is 4.71. The Balaban J connectivity index is 1.84. The van der Waals surface area contributed by atoms with Gasteiger partial charge in [-0.2, -0.15) is 0 Å². The highest BCUT2D eigenvalue weighted by molar-refractivity contribution is 4.95. The van der Waals surface area contributed by atoms with Crippen LogP contribution in [0.15, 0.2) is 0 Å². The Bertz CT molecular complexity index is 203. The van der Waals surface area contributed by atoms with Crippen LogP contribution in [0.3, 0.4) is 0 Å². The number of hydrogen-bond acceptors (Lipinski definition) is 2. The number of nitrogens with two attached hydrogens (primary N) is 1. The second-order valence-corrected chi connectivity index (χ2v) is 5.88. The fourth-order valence-corrected chi connectivity index (χ4v) is 3.51. The van der Waals surface area contributed by atoms with Crippen LogP contribution in [0.2, 0.25) is 0 Å². The quantitative estimate of drug-likeness (QED) is 0.801. The van der Waals surface area contributed by atoms with E-state index in [0.29, 0.717) is 5.92 Å². The van der Waals surface area contributed by atoms with Gasteiger partial charge in [-0.25, -0.2) is 0 Å². The molecule has 0 aromatic carbocycles. The smallest absolute Gasteiger partial charge is 0.0511 e. The highest BCUT2D eigenvalue weighted by atomic mass is 16.5. The standard InChI is InChI=1S/C14H27NO/c1-2-4-12-6-8-14(15,9-7-12)13-5-3-10-16-11-13/h12-13H,2-11,15H2,1H3. The average Bonchev–Trinajstić information content (AvgIpc) is 2.34. The van der Waals surface area contributed by atoms with Gasteiger partial charge in [0.25, 0.3) is 0 Å². The first-order valence-corrected chi connectivity index (χ1v) is 7.11. The van der Waals surface area contributed by atoms with Crippen LogP contribution in [0, 0.1) is 11.8 Å². The first-order valence-electron chi connectivity index (χ1n) is 7.11. The molecule has 0 radical (unpaired) electrons. The Morgan fingerprint density at radius 1 is 1.25 bits per heavy atom. The Labute approximate surface area is 99.9 Å². The molecule has 1 saturated carbocycles. The molecule has 1 saturated heterocycles. The second kappa shape index (κ2) is 5.50. The summed E-state index contributed by atoms with van der Waals surface area (Å²) in [5.41, 5.74) is 6.71. The van der Waals surface area contributed by atoms with Crippen LogP contribution in [0.4, 0.5) is 0 Å². The van der Waals surface area contributed by atoms with Gasteiger partial charge in [-0.3, -0.25) is 0 Å². The van der Waals surface area contributed by atoms with E-state index >= 15 is 0 Å². The molecule has 0 bridgehead atoms. The minimum atomic E-state index is 0.102. The zero-order chi connectivity index (χ0) is 11.4. The first kappa shape index (κ1) is 12.4. The van der Waals surface area contributed by atoms with Crippen molar-refractivity contribution in [2.45, 2.75) is 63.8 Å². The van der Waals surface area contributed by atoms with Crippen LogP contribution >= 0.6 is 0 Å². The van der Waals surface area contributed by atoms with Crippen molar-refractivity contribution in [2.75, 3.05) is 13.2 Å². The highest BCUT2D eigenvalue weighted by Crippen LogP contribution is 2.39. The zero-order valence-electron chi connectivity index (χ0n) is 10.7. The Morgan fingerprint density at radius 3 is 2.56 bits per heavy atom. The molecular weight excluding hydrogens is 198 g/mol. The van der Waals surface area contributed by atoms with E-state index in [1.807, 2.05) is 0 Å². The van der Waals surface area contributed by atoms with Crippen LogP contribution in [0.1, 0.15) is 58.3 Å². The fraction of sp³-hybridized carbons (Fsp3) is 1.00.